The van der Waals surface area contributed by atoms with Crippen LogP contribution in [0, 0.1) is 0 Å². The quantitative estimate of drug-likeness (QED) is 0.288. The highest BCUT2D eigenvalue weighted by Crippen LogP contribution is 2.13. The van der Waals surface area contributed by atoms with E-state index >= 15 is 0 Å². The minimum Gasteiger partial charge on any atom is -0.494 e. The maximum atomic E-state index is 5.95. The molecular weight excluding hydrogens is 389 g/mol. The van der Waals surface area contributed by atoms with Crippen LogP contribution in [0.2, 0.25) is 0 Å². The van der Waals surface area contributed by atoms with Gasteiger partial charge in [-0.25, -0.2) is 0 Å². The number of benzene rings is 1. The Balaban J connectivity index is 0.00000441. The molecule has 0 bridgehead atoms. The number of hydrogen-bond acceptors (Lipinski definition) is 2. The molecule has 1 rings (SSSR count). The molecule has 0 heterocycles. The lowest BCUT2D eigenvalue weighted by Gasteiger charge is -2.19. The number of guanidine groups is 1. The molecule has 0 spiro atoms. The van der Waals surface area contributed by atoms with Gasteiger partial charge in [-0.1, -0.05) is 25.5 Å². The van der Waals surface area contributed by atoms with Crippen LogP contribution >= 0.6 is 24.0 Å². The Morgan fingerprint density at radius 1 is 1.14 bits per heavy atom. The first-order valence-electron chi connectivity index (χ1n) is 7.97. The first-order chi connectivity index (χ1) is 10.2. The number of ether oxygens (including phenoxy) is 1. The normalized spacial score (nSPS) is 11.0. The van der Waals surface area contributed by atoms with Crippen molar-refractivity contribution in [2.75, 3.05) is 26.2 Å². The van der Waals surface area contributed by atoms with Gasteiger partial charge in [0.15, 0.2) is 5.96 Å². The Morgan fingerprint density at radius 3 is 2.32 bits per heavy atom. The van der Waals surface area contributed by atoms with Crippen molar-refractivity contribution >= 4 is 29.9 Å². The third-order valence-corrected chi connectivity index (χ3v) is 3.45. The second-order valence-corrected chi connectivity index (χ2v) is 5.01. The molecular formula is C17H30IN3O. The molecule has 0 saturated carbocycles. The molecule has 1 aromatic rings. The lowest BCUT2D eigenvalue weighted by Crippen LogP contribution is -2.37. The van der Waals surface area contributed by atoms with Crippen LogP contribution in [0.25, 0.3) is 0 Å². The van der Waals surface area contributed by atoms with E-state index in [0.717, 1.165) is 51.3 Å². The summed E-state index contributed by atoms with van der Waals surface area (Å²) < 4.78 is 5.65. The van der Waals surface area contributed by atoms with Crippen LogP contribution in [0.5, 0.6) is 5.75 Å². The van der Waals surface area contributed by atoms with Gasteiger partial charge in [0.2, 0.25) is 0 Å². The summed E-state index contributed by atoms with van der Waals surface area (Å²) >= 11 is 0. The third-order valence-electron chi connectivity index (χ3n) is 3.45. The molecule has 0 aliphatic heterocycles. The van der Waals surface area contributed by atoms with Gasteiger partial charge in [0, 0.05) is 19.6 Å². The summed E-state index contributed by atoms with van der Waals surface area (Å²) in [6.45, 7) is 9.65. The predicted octanol–water partition coefficient (Wildman–Crippen LogP) is 3.68. The summed E-state index contributed by atoms with van der Waals surface area (Å²) in [6.07, 6.45) is 3.16. The lowest BCUT2D eigenvalue weighted by molar-refractivity contribution is 0.309. The zero-order valence-electron chi connectivity index (χ0n) is 14.0. The zero-order chi connectivity index (χ0) is 15.5. The van der Waals surface area contributed by atoms with Gasteiger partial charge in [-0.05, 0) is 44.4 Å². The van der Waals surface area contributed by atoms with Crippen molar-refractivity contribution in [1.29, 1.82) is 0 Å². The summed E-state index contributed by atoms with van der Waals surface area (Å²) in [7, 11) is 0. The van der Waals surface area contributed by atoms with Crippen molar-refractivity contribution < 1.29 is 4.74 Å². The van der Waals surface area contributed by atoms with Gasteiger partial charge >= 0.3 is 0 Å². The molecule has 0 aliphatic carbocycles. The van der Waals surface area contributed by atoms with Crippen LogP contribution in [0.15, 0.2) is 29.3 Å². The Kier molecular flexibility index (Phi) is 12.0. The van der Waals surface area contributed by atoms with E-state index in [1.54, 1.807) is 0 Å². The van der Waals surface area contributed by atoms with Crippen LogP contribution < -0.4 is 10.5 Å². The largest absolute Gasteiger partial charge is 0.494 e. The number of nitrogens with two attached hydrogens (primary N) is 1. The van der Waals surface area contributed by atoms with Crippen molar-refractivity contribution in [2.45, 2.75) is 40.0 Å². The van der Waals surface area contributed by atoms with Crippen LogP contribution in [-0.4, -0.2) is 37.1 Å². The first-order valence-corrected chi connectivity index (χ1v) is 7.97. The van der Waals surface area contributed by atoms with Gasteiger partial charge in [-0.15, -0.1) is 24.0 Å². The molecule has 0 saturated heterocycles. The average molecular weight is 419 g/mol. The highest BCUT2D eigenvalue weighted by atomic mass is 127. The Morgan fingerprint density at radius 2 is 1.77 bits per heavy atom. The van der Waals surface area contributed by atoms with E-state index in [1.807, 2.05) is 12.1 Å². The van der Waals surface area contributed by atoms with Crippen molar-refractivity contribution in [1.82, 2.24) is 4.90 Å². The molecule has 0 amide bonds. The molecule has 0 unspecified atom stereocenters. The highest BCUT2D eigenvalue weighted by Gasteiger charge is 2.01. The standard InChI is InChI=1S/C17H29N3O.HI/c1-4-7-14-21-16-10-8-15(9-11-16)12-13-19-17(18)20(5-2)6-3;/h8-11H,4-7,12-14H2,1-3H3,(H2,18,19);1H. The Bertz CT molecular complexity index is 416. The molecule has 1 aromatic carbocycles. The fourth-order valence-corrected chi connectivity index (χ4v) is 2.03. The second kappa shape index (κ2) is 12.6. The molecule has 0 atom stereocenters. The van der Waals surface area contributed by atoms with Crippen LogP contribution in [0.1, 0.15) is 39.2 Å². The molecule has 126 valence electrons. The second-order valence-electron chi connectivity index (χ2n) is 5.01. The zero-order valence-corrected chi connectivity index (χ0v) is 16.4. The lowest BCUT2D eigenvalue weighted by atomic mass is 10.1. The Hall–Kier alpha value is -0.980. The van der Waals surface area contributed by atoms with E-state index in [1.165, 1.54) is 5.56 Å². The minimum absolute atomic E-state index is 0. The molecule has 0 radical (unpaired) electrons. The summed E-state index contributed by atoms with van der Waals surface area (Å²) in [5, 5.41) is 0. The van der Waals surface area contributed by atoms with Crippen molar-refractivity contribution in [3.63, 3.8) is 0 Å². The van der Waals surface area contributed by atoms with Gasteiger partial charge in [0.05, 0.1) is 6.61 Å². The number of halogens is 1. The SMILES string of the molecule is CCCCOc1ccc(CCN=C(N)N(CC)CC)cc1.I. The molecule has 0 fully saturated rings. The monoisotopic (exact) mass is 419 g/mol. The first kappa shape index (κ1) is 21.0. The molecule has 2 N–H and O–H groups in total. The third kappa shape index (κ3) is 7.87. The van der Waals surface area contributed by atoms with E-state index < -0.39 is 0 Å². The maximum Gasteiger partial charge on any atom is 0.191 e. The number of aliphatic imine (C=N–C) groups is 1. The summed E-state index contributed by atoms with van der Waals surface area (Å²) in [5.41, 5.74) is 7.21. The molecule has 4 nitrogen and oxygen atoms in total. The topological polar surface area (TPSA) is 50.9 Å². The molecule has 5 heteroatoms. The smallest absolute Gasteiger partial charge is 0.191 e. The number of nitrogens with zero attached hydrogens (tertiary/aromatic N) is 2. The summed E-state index contributed by atoms with van der Waals surface area (Å²) in [4.78, 5) is 6.49. The van der Waals surface area contributed by atoms with E-state index in [4.69, 9.17) is 10.5 Å². The molecule has 0 aromatic heterocycles. The van der Waals surface area contributed by atoms with Gasteiger partial charge in [0.25, 0.3) is 0 Å². The minimum atomic E-state index is 0. The van der Waals surface area contributed by atoms with Crippen molar-refractivity contribution in [3.8, 4) is 5.75 Å². The van der Waals surface area contributed by atoms with Crippen LogP contribution in [-0.2, 0) is 6.42 Å². The van der Waals surface area contributed by atoms with E-state index in [-0.39, 0.29) is 24.0 Å². The molecule has 22 heavy (non-hydrogen) atoms. The fraction of sp³-hybridized carbons (Fsp3) is 0.588. The van der Waals surface area contributed by atoms with E-state index in [2.05, 4.69) is 42.8 Å². The summed E-state index contributed by atoms with van der Waals surface area (Å²) in [6, 6.07) is 8.26. The number of rotatable bonds is 9. The molecule has 0 aliphatic rings. The number of hydrogen-bond donors (Lipinski definition) is 1. The van der Waals surface area contributed by atoms with Gasteiger partial charge < -0.3 is 15.4 Å². The Labute approximate surface area is 152 Å². The van der Waals surface area contributed by atoms with Crippen LogP contribution in [0.3, 0.4) is 0 Å². The highest BCUT2D eigenvalue weighted by molar-refractivity contribution is 14.0. The van der Waals surface area contributed by atoms with Crippen molar-refractivity contribution in [2.24, 2.45) is 10.7 Å². The van der Waals surface area contributed by atoms with E-state index in [9.17, 15) is 0 Å². The predicted molar refractivity (Wildman–Crippen MR) is 105 cm³/mol. The maximum absolute atomic E-state index is 5.95. The van der Waals surface area contributed by atoms with Crippen molar-refractivity contribution in [3.05, 3.63) is 29.8 Å². The van der Waals surface area contributed by atoms with Crippen LogP contribution in [0.4, 0.5) is 0 Å². The van der Waals surface area contributed by atoms with Gasteiger partial charge in [0.1, 0.15) is 5.75 Å². The average Bonchev–Trinajstić information content (AvgIpc) is 2.50. The summed E-state index contributed by atoms with van der Waals surface area (Å²) in [5.74, 6) is 1.58. The fourth-order valence-electron chi connectivity index (χ4n) is 2.03. The van der Waals surface area contributed by atoms with Gasteiger partial charge in [-0.2, -0.15) is 0 Å². The van der Waals surface area contributed by atoms with Gasteiger partial charge in [-0.3, -0.25) is 4.99 Å². The number of unbranched alkanes of at least 4 members (excludes halogenated alkanes) is 1. The van der Waals surface area contributed by atoms with E-state index in [0.29, 0.717) is 5.96 Å².